The molecular weight excluding hydrogens is 331 g/mol. The second kappa shape index (κ2) is 6.02. The number of aryl methyl sites for hydroxylation is 1. The van der Waals surface area contributed by atoms with Gasteiger partial charge in [-0.15, -0.1) is 0 Å². The Hall–Kier alpha value is -1.79. The lowest BCUT2D eigenvalue weighted by Gasteiger charge is -2.36. The molecule has 2 aromatic rings. The maximum absolute atomic E-state index is 13.7. The van der Waals surface area contributed by atoms with Gasteiger partial charge in [-0.25, -0.2) is 0 Å². The highest BCUT2D eigenvalue weighted by molar-refractivity contribution is 6.31. The van der Waals surface area contributed by atoms with E-state index >= 15 is 0 Å². The van der Waals surface area contributed by atoms with Crippen molar-refractivity contribution in [3.63, 3.8) is 0 Å². The van der Waals surface area contributed by atoms with E-state index in [1.54, 1.807) is 6.92 Å². The molecule has 3 nitrogen and oxygen atoms in total. The Morgan fingerprint density at radius 1 is 1.17 bits per heavy atom. The predicted octanol–water partition coefficient (Wildman–Crippen LogP) is 4.30. The number of hydrogen-bond donors (Lipinski definition) is 2. The number of aromatic hydroxyl groups is 1. The summed E-state index contributed by atoms with van der Waals surface area (Å²) < 4.78 is 41.1. The van der Waals surface area contributed by atoms with Gasteiger partial charge in [0.25, 0.3) is 0 Å². The molecule has 2 rings (SSSR count). The molecule has 0 spiro atoms. The summed E-state index contributed by atoms with van der Waals surface area (Å²) in [4.78, 5) is 3.74. The molecular formula is C16H15ClF3NO2. The lowest BCUT2D eigenvalue weighted by Crippen LogP contribution is -2.46. The standard InChI is InChI=1S/C16H15ClF3NO2/c1-9-5-11(8-21-7-9)15(23,16(18,19)20)10(2)13-4-3-12(22)6-14(13)17/h3-8,10,22-23H,1-2H3. The molecule has 0 saturated carbocycles. The van der Waals surface area contributed by atoms with Crippen molar-refractivity contribution in [3.8, 4) is 5.75 Å². The minimum atomic E-state index is -4.94. The molecule has 2 unspecified atom stereocenters. The minimum absolute atomic E-state index is 0.0548. The number of aromatic nitrogens is 1. The van der Waals surface area contributed by atoms with Gasteiger partial charge in [0.1, 0.15) is 5.75 Å². The summed E-state index contributed by atoms with van der Waals surface area (Å²) >= 11 is 5.95. The second-order valence-electron chi connectivity index (χ2n) is 5.44. The smallest absolute Gasteiger partial charge is 0.422 e. The van der Waals surface area contributed by atoms with E-state index in [4.69, 9.17) is 11.6 Å². The van der Waals surface area contributed by atoms with Crippen LogP contribution in [-0.4, -0.2) is 21.4 Å². The molecule has 1 heterocycles. The molecule has 2 atom stereocenters. The number of pyridine rings is 1. The van der Waals surface area contributed by atoms with E-state index < -0.39 is 17.7 Å². The van der Waals surface area contributed by atoms with E-state index in [0.29, 0.717) is 5.56 Å². The largest absolute Gasteiger partial charge is 0.508 e. The van der Waals surface area contributed by atoms with Crippen LogP contribution in [0.1, 0.15) is 29.5 Å². The van der Waals surface area contributed by atoms with Crippen LogP contribution in [0.3, 0.4) is 0 Å². The topological polar surface area (TPSA) is 53.4 Å². The number of hydrogen-bond acceptors (Lipinski definition) is 3. The number of benzene rings is 1. The van der Waals surface area contributed by atoms with Crippen LogP contribution in [-0.2, 0) is 5.60 Å². The number of phenolic OH excluding ortho intramolecular Hbond substituents is 1. The van der Waals surface area contributed by atoms with Gasteiger partial charge in [-0.2, -0.15) is 13.2 Å². The number of phenols is 1. The van der Waals surface area contributed by atoms with Crippen LogP contribution in [0.2, 0.25) is 5.02 Å². The first-order valence-corrected chi connectivity index (χ1v) is 7.14. The van der Waals surface area contributed by atoms with Crippen molar-refractivity contribution in [1.29, 1.82) is 0 Å². The maximum Gasteiger partial charge on any atom is 0.422 e. The number of halogens is 4. The molecule has 0 aliphatic carbocycles. The molecule has 1 aromatic carbocycles. The summed E-state index contributed by atoms with van der Waals surface area (Å²) in [5.41, 5.74) is -2.95. The molecule has 0 bridgehead atoms. The van der Waals surface area contributed by atoms with E-state index in [9.17, 15) is 23.4 Å². The van der Waals surface area contributed by atoms with E-state index in [2.05, 4.69) is 4.98 Å². The Bertz CT molecular complexity index is 721. The normalized spacial score (nSPS) is 16.0. The van der Waals surface area contributed by atoms with Crippen molar-refractivity contribution in [2.75, 3.05) is 0 Å². The van der Waals surface area contributed by atoms with Crippen LogP contribution in [0.25, 0.3) is 0 Å². The third kappa shape index (κ3) is 3.14. The van der Waals surface area contributed by atoms with Gasteiger partial charge in [-0.1, -0.05) is 24.6 Å². The number of rotatable bonds is 3. The van der Waals surface area contributed by atoms with Gasteiger partial charge in [0.05, 0.1) is 0 Å². The molecule has 124 valence electrons. The van der Waals surface area contributed by atoms with Gasteiger partial charge in [-0.3, -0.25) is 4.98 Å². The zero-order valence-corrected chi connectivity index (χ0v) is 13.2. The first-order chi connectivity index (χ1) is 10.6. The molecule has 2 N–H and O–H groups in total. The van der Waals surface area contributed by atoms with E-state index in [1.165, 1.54) is 31.3 Å². The highest BCUT2D eigenvalue weighted by Crippen LogP contribution is 2.49. The third-order valence-electron chi connectivity index (χ3n) is 3.82. The van der Waals surface area contributed by atoms with E-state index in [0.717, 1.165) is 12.3 Å². The fourth-order valence-corrected chi connectivity index (χ4v) is 2.85. The number of nitrogens with zero attached hydrogens (tertiary/aromatic N) is 1. The van der Waals surface area contributed by atoms with Crippen molar-refractivity contribution < 1.29 is 23.4 Å². The Morgan fingerprint density at radius 2 is 1.83 bits per heavy atom. The lowest BCUT2D eigenvalue weighted by atomic mass is 9.78. The van der Waals surface area contributed by atoms with Crippen LogP contribution in [0.5, 0.6) is 5.75 Å². The van der Waals surface area contributed by atoms with Gasteiger partial charge in [0.15, 0.2) is 5.60 Å². The van der Waals surface area contributed by atoms with Crippen molar-refractivity contribution in [1.82, 2.24) is 4.98 Å². The fourth-order valence-electron chi connectivity index (χ4n) is 2.51. The molecule has 0 fully saturated rings. The SMILES string of the molecule is Cc1cncc(C(O)(C(C)c2ccc(O)cc2Cl)C(F)(F)F)c1. The molecule has 0 radical (unpaired) electrons. The zero-order valence-electron chi connectivity index (χ0n) is 12.4. The first-order valence-electron chi connectivity index (χ1n) is 6.77. The highest BCUT2D eigenvalue weighted by atomic mass is 35.5. The molecule has 0 saturated heterocycles. The van der Waals surface area contributed by atoms with Crippen LogP contribution in [0, 0.1) is 6.92 Å². The Balaban J connectivity index is 2.63. The van der Waals surface area contributed by atoms with Gasteiger partial charge in [-0.05, 0) is 36.2 Å². The quantitative estimate of drug-likeness (QED) is 0.872. The summed E-state index contributed by atoms with van der Waals surface area (Å²) in [5.74, 6) is -1.57. The van der Waals surface area contributed by atoms with Crippen LogP contribution in [0.4, 0.5) is 13.2 Å². The van der Waals surface area contributed by atoms with E-state index in [-0.39, 0.29) is 21.9 Å². The number of aliphatic hydroxyl groups is 1. The molecule has 7 heteroatoms. The van der Waals surface area contributed by atoms with Crippen LogP contribution < -0.4 is 0 Å². The Morgan fingerprint density at radius 3 is 2.35 bits per heavy atom. The predicted molar refractivity (Wildman–Crippen MR) is 80.5 cm³/mol. The third-order valence-corrected chi connectivity index (χ3v) is 4.15. The van der Waals surface area contributed by atoms with Crippen molar-refractivity contribution in [3.05, 3.63) is 58.4 Å². The van der Waals surface area contributed by atoms with Gasteiger partial charge < -0.3 is 10.2 Å². The highest BCUT2D eigenvalue weighted by Gasteiger charge is 2.59. The average molecular weight is 346 g/mol. The lowest BCUT2D eigenvalue weighted by molar-refractivity contribution is -0.274. The van der Waals surface area contributed by atoms with E-state index in [1.807, 2.05) is 0 Å². The van der Waals surface area contributed by atoms with Gasteiger partial charge in [0, 0.05) is 28.9 Å². The van der Waals surface area contributed by atoms with Gasteiger partial charge in [0.2, 0.25) is 0 Å². The van der Waals surface area contributed by atoms with Crippen molar-refractivity contribution >= 4 is 11.6 Å². The summed E-state index contributed by atoms with van der Waals surface area (Å²) in [7, 11) is 0. The molecule has 23 heavy (non-hydrogen) atoms. The second-order valence-corrected chi connectivity index (χ2v) is 5.85. The van der Waals surface area contributed by atoms with Crippen molar-refractivity contribution in [2.24, 2.45) is 0 Å². The van der Waals surface area contributed by atoms with Crippen LogP contribution in [0.15, 0.2) is 36.7 Å². The summed E-state index contributed by atoms with van der Waals surface area (Å²) in [6, 6.07) is 4.87. The fraction of sp³-hybridized carbons (Fsp3) is 0.312. The summed E-state index contributed by atoms with van der Waals surface area (Å²) in [6.07, 6.45) is -2.55. The Labute approximate surface area is 136 Å². The average Bonchev–Trinajstić information content (AvgIpc) is 2.44. The molecule has 0 aliphatic heterocycles. The first kappa shape index (κ1) is 17.6. The summed E-state index contributed by atoms with van der Waals surface area (Å²) in [5, 5.41) is 19.9. The minimum Gasteiger partial charge on any atom is -0.508 e. The molecule has 1 aromatic heterocycles. The zero-order chi connectivity index (χ0) is 17.4. The van der Waals surface area contributed by atoms with Gasteiger partial charge >= 0.3 is 6.18 Å². The maximum atomic E-state index is 13.7. The summed E-state index contributed by atoms with van der Waals surface area (Å²) in [6.45, 7) is 2.82. The number of alkyl halides is 3. The molecule has 0 amide bonds. The molecule has 0 aliphatic rings. The Kier molecular flexibility index (Phi) is 4.59. The van der Waals surface area contributed by atoms with Crippen LogP contribution >= 0.6 is 11.6 Å². The van der Waals surface area contributed by atoms with Crippen molar-refractivity contribution in [2.45, 2.75) is 31.5 Å². The monoisotopic (exact) mass is 345 g/mol.